The van der Waals surface area contributed by atoms with E-state index in [1.807, 2.05) is 30.3 Å². The Bertz CT molecular complexity index is 850. The predicted octanol–water partition coefficient (Wildman–Crippen LogP) is 2.12. The Labute approximate surface area is 167 Å². The van der Waals surface area contributed by atoms with Crippen molar-refractivity contribution in [2.24, 2.45) is 10.2 Å². The summed E-state index contributed by atoms with van der Waals surface area (Å²) >= 11 is 10.2. The van der Waals surface area contributed by atoms with Gasteiger partial charge in [-0.05, 0) is 48.7 Å². The van der Waals surface area contributed by atoms with E-state index in [-0.39, 0.29) is 5.82 Å². The molecule has 0 spiro atoms. The average Bonchev–Trinajstić information content (AvgIpc) is 2.71. The number of hydrogen-bond donors (Lipinski definition) is 4. The van der Waals surface area contributed by atoms with E-state index in [4.69, 9.17) is 24.4 Å². The van der Waals surface area contributed by atoms with Crippen LogP contribution in [0.3, 0.4) is 0 Å². The highest BCUT2D eigenvalue weighted by Gasteiger charge is 2.16. The van der Waals surface area contributed by atoms with E-state index in [1.54, 1.807) is 26.2 Å². The first-order valence-electron chi connectivity index (χ1n) is 7.97. The molecule has 2 rings (SSSR count). The topological polar surface area (TPSA) is 72.8 Å². The molecule has 0 aliphatic rings. The molecule has 0 bridgehead atoms. The van der Waals surface area contributed by atoms with Crippen molar-refractivity contribution in [3.05, 3.63) is 71.5 Å². The SMILES string of the molecule is CNC(=S)N/N=C(/C(=N/NC(=S)NC)c1ccc(F)cc1)c1ccccc1. The van der Waals surface area contributed by atoms with E-state index >= 15 is 0 Å². The van der Waals surface area contributed by atoms with Gasteiger partial charge in [0.1, 0.15) is 17.2 Å². The molecule has 27 heavy (non-hydrogen) atoms. The zero-order chi connectivity index (χ0) is 19.6. The van der Waals surface area contributed by atoms with Crippen LogP contribution in [0.5, 0.6) is 0 Å². The highest BCUT2D eigenvalue weighted by atomic mass is 32.1. The lowest BCUT2D eigenvalue weighted by Gasteiger charge is -2.13. The molecule has 6 nitrogen and oxygen atoms in total. The van der Waals surface area contributed by atoms with Crippen LogP contribution in [0.25, 0.3) is 0 Å². The standard InChI is InChI=1S/C18H19FN6S2/c1-20-17(26)24-22-15(12-6-4-3-5-7-12)16(23-25-18(27)21-2)13-8-10-14(19)11-9-13/h3-11H,1-2H3,(H2,20,24,26)(H2,21,25,27)/b22-15+,23-16+. The molecule has 0 unspecified atom stereocenters. The van der Waals surface area contributed by atoms with Gasteiger partial charge in [0.2, 0.25) is 0 Å². The number of nitrogens with one attached hydrogen (secondary N) is 4. The lowest BCUT2D eigenvalue weighted by Crippen LogP contribution is -2.33. The molecule has 0 radical (unpaired) electrons. The Balaban J connectivity index is 2.56. The van der Waals surface area contributed by atoms with Crippen LogP contribution >= 0.6 is 24.4 Å². The van der Waals surface area contributed by atoms with Crippen LogP contribution in [0, 0.1) is 5.82 Å². The van der Waals surface area contributed by atoms with E-state index in [0.717, 1.165) is 5.56 Å². The molecule has 0 amide bonds. The third kappa shape index (κ3) is 6.08. The molecule has 0 saturated carbocycles. The van der Waals surface area contributed by atoms with E-state index in [1.165, 1.54) is 12.1 Å². The number of nitrogens with zero attached hydrogens (tertiary/aromatic N) is 2. The van der Waals surface area contributed by atoms with E-state index < -0.39 is 0 Å². The minimum Gasteiger partial charge on any atom is -0.364 e. The Morgan fingerprint density at radius 2 is 1.19 bits per heavy atom. The van der Waals surface area contributed by atoms with Crippen LogP contribution in [0.15, 0.2) is 64.8 Å². The Hall–Kier alpha value is -2.91. The average molecular weight is 403 g/mol. The van der Waals surface area contributed by atoms with Gasteiger partial charge < -0.3 is 10.6 Å². The Morgan fingerprint density at radius 3 is 1.63 bits per heavy atom. The molecule has 9 heteroatoms. The Morgan fingerprint density at radius 1 is 0.741 bits per heavy atom. The first-order valence-corrected chi connectivity index (χ1v) is 8.79. The lowest BCUT2D eigenvalue weighted by molar-refractivity contribution is 0.628. The van der Waals surface area contributed by atoms with Crippen molar-refractivity contribution in [1.82, 2.24) is 21.5 Å². The largest absolute Gasteiger partial charge is 0.364 e. The second-order valence-electron chi connectivity index (χ2n) is 5.18. The summed E-state index contributed by atoms with van der Waals surface area (Å²) in [4.78, 5) is 0. The summed E-state index contributed by atoms with van der Waals surface area (Å²) in [6, 6.07) is 15.4. The molecular weight excluding hydrogens is 383 g/mol. The summed E-state index contributed by atoms with van der Waals surface area (Å²) in [6.07, 6.45) is 0. The van der Waals surface area contributed by atoms with Gasteiger partial charge in [-0.2, -0.15) is 10.2 Å². The van der Waals surface area contributed by atoms with E-state index in [0.29, 0.717) is 27.2 Å². The number of hydrogen-bond acceptors (Lipinski definition) is 4. The predicted molar refractivity (Wildman–Crippen MR) is 116 cm³/mol. The number of benzene rings is 2. The van der Waals surface area contributed by atoms with Gasteiger partial charge in [-0.1, -0.05) is 30.3 Å². The number of hydrazone groups is 2. The molecular formula is C18H19FN6S2. The van der Waals surface area contributed by atoms with Crippen LogP contribution in [0.1, 0.15) is 11.1 Å². The fourth-order valence-corrected chi connectivity index (χ4v) is 2.13. The van der Waals surface area contributed by atoms with E-state index in [2.05, 4.69) is 31.7 Å². The van der Waals surface area contributed by atoms with Gasteiger partial charge in [0.25, 0.3) is 0 Å². The second kappa shape index (κ2) is 10.3. The quantitative estimate of drug-likeness (QED) is 0.349. The Kier molecular flexibility index (Phi) is 7.78. The maximum Gasteiger partial charge on any atom is 0.186 e. The van der Waals surface area contributed by atoms with Crippen LogP contribution in [-0.2, 0) is 0 Å². The highest BCUT2D eigenvalue weighted by molar-refractivity contribution is 7.80. The van der Waals surface area contributed by atoms with Gasteiger partial charge in [-0.25, -0.2) is 4.39 Å². The fraction of sp³-hybridized carbons (Fsp3) is 0.111. The smallest absolute Gasteiger partial charge is 0.186 e. The zero-order valence-electron chi connectivity index (χ0n) is 14.8. The zero-order valence-corrected chi connectivity index (χ0v) is 16.4. The molecule has 140 valence electrons. The second-order valence-corrected chi connectivity index (χ2v) is 5.99. The molecule has 0 aromatic heterocycles. The van der Waals surface area contributed by atoms with Gasteiger partial charge in [-0.3, -0.25) is 10.9 Å². The van der Waals surface area contributed by atoms with Crippen molar-refractivity contribution >= 4 is 46.1 Å². The maximum atomic E-state index is 13.4. The molecule has 0 aliphatic heterocycles. The maximum absolute atomic E-state index is 13.4. The number of thiocarbonyl (C=S) groups is 2. The van der Waals surface area contributed by atoms with Crippen molar-refractivity contribution in [3.63, 3.8) is 0 Å². The molecule has 4 N–H and O–H groups in total. The van der Waals surface area contributed by atoms with Gasteiger partial charge in [-0.15, -0.1) is 0 Å². The van der Waals surface area contributed by atoms with Crippen LogP contribution in [-0.4, -0.2) is 35.7 Å². The van der Waals surface area contributed by atoms with Crippen molar-refractivity contribution < 1.29 is 4.39 Å². The fourth-order valence-electron chi connectivity index (χ4n) is 2.04. The number of halogens is 1. The molecule has 0 aliphatic carbocycles. The van der Waals surface area contributed by atoms with Crippen molar-refractivity contribution in [1.29, 1.82) is 0 Å². The van der Waals surface area contributed by atoms with E-state index in [9.17, 15) is 4.39 Å². The van der Waals surface area contributed by atoms with Crippen LogP contribution < -0.4 is 21.5 Å². The monoisotopic (exact) mass is 402 g/mol. The molecule has 0 saturated heterocycles. The summed E-state index contributed by atoms with van der Waals surface area (Å²) < 4.78 is 13.4. The molecule has 2 aromatic carbocycles. The molecule has 0 heterocycles. The van der Waals surface area contributed by atoms with Gasteiger partial charge in [0.05, 0.1) is 0 Å². The first-order chi connectivity index (χ1) is 13.0. The minimum absolute atomic E-state index is 0.334. The summed E-state index contributed by atoms with van der Waals surface area (Å²) in [7, 11) is 3.37. The third-order valence-electron chi connectivity index (χ3n) is 3.38. The summed E-state index contributed by atoms with van der Waals surface area (Å²) in [5.41, 5.74) is 7.95. The van der Waals surface area contributed by atoms with Gasteiger partial charge in [0.15, 0.2) is 10.2 Å². The van der Waals surface area contributed by atoms with Crippen LogP contribution in [0.2, 0.25) is 0 Å². The summed E-state index contributed by atoms with van der Waals surface area (Å²) in [5.74, 6) is -0.343. The van der Waals surface area contributed by atoms with Gasteiger partial charge >= 0.3 is 0 Å². The van der Waals surface area contributed by atoms with Crippen molar-refractivity contribution in [3.8, 4) is 0 Å². The third-order valence-corrected chi connectivity index (χ3v) is 3.97. The normalized spacial score (nSPS) is 11.5. The van der Waals surface area contributed by atoms with Crippen molar-refractivity contribution in [2.75, 3.05) is 14.1 Å². The minimum atomic E-state index is -0.343. The molecule has 0 atom stereocenters. The first kappa shape index (κ1) is 20.4. The van der Waals surface area contributed by atoms with Crippen molar-refractivity contribution in [2.45, 2.75) is 0 Å². The summed E-state index contributed by atoms with van der Waals surface area (Å²) in [6.45, 7) is 0. The molecule has 2 aromatic rings. The summed E-state index contributed by atoms with van der Waals surface area (Å²) in [5, 5.41) is 15.0. The highest BCUT2D eigenvalue weighted by Crippen LogP contribution is 2.11. The molecule has 0 fully saturated rings. The van der Waals surface area contributed by atoms with Crippen LogP contribution in [0.4, 0.5) is 4.39 Å². The lowest BCUT2D eigenvalue weighted by atomic mass is 10.00. The van der Waals surface area contributed by atoms with Gasteiger partial charge in [0, 0.05) is 25.2 Å². The number of rotatable bonds is 5.